The first-order valence-electron chi connectivity index (χ1n) is 1.13. The number of hydrogen-bond acceptors (Lipinski definition) is 1. The molecule has 0 aromatic rings. The van der Waals surface area contributed by atoms with Gasteiger partial charge in [-0.15, -0.1) is 8.96 Å². The van der Waals surface area contributed by atoms with Crippen LogP contribution in [0.4, 0.5) is 21.3 Å². The van der Waals surface area contributed by atoms with Crippen molar-refractivity contribution in [3.63, 3.8) is 0 Å². The van der Waals surface area contributed by atoms with Gasteiger partial charge in [0, 0.05) is 0 Å². The Morgan fingerprint density at radius 2 is 1.14 bits per heavy atom. The summed E-state index contributed by atoms with van der Waals surface area (Å²) in [6, 6.07) is 0. The molecule has 0 fully saturated rings. The van der Waals surface area contributed by atoms with Crippen LogP contribution in [-0.4, -0.2) is 14.2 Å². The minimum absolute atomic E-state index is 2.67. The van der Waals surface area contributed by atoms with Crippen LogP contribution < -0.4 is 0 Å². The molecule has 0 aliphatic heterocycles. The SMILES string of the molecule is FN(F)[Si](F)(F)F. The van der Waals surface area contributed by atoms with Crippen molar-refractivity contribution in [1.29, 1.82) is 0 Å². The molecule has 0 saturated carbocycles. The van der Waals surface area contributed by atoms with Gasteiger partial charge in [-0.05, 0) is 0 Å². The maximum Gasteiger partial charge on any atom is 0.779 e. The molecule has 0 aromatic heterocycles. The van der Waals surface area contributed by atoms with Crippen molar-refractivity contribution in [2.45, 2.75) is 0 Å². The summed E-state index contributed by atoms with van der Waals surface area (Å²) in [4.78, 5) is 0. The molecule has 1 nitrogen and oxygen atoms in total. The van der Waals surface area contributed by atoms with Crippen LogP contribution in [0.2, 0.25) is 0 Å². The van der Waals surface area contributed by atoms with Crippen molar-refractivity contribution in [2.24, 2.45) is 0 Å². The van der Waals surface area contributed by atoms with Crippen molar-refractivity contribution >= 4 is 9.24 Å². The minimum Gasteiger partial charge on any atom is -0.222 e. The van der Waals surface area contributed by atoms with Gasteiger partial charge < -0.3 is 0 Å². The van der Waals surface area contributed by atoms with Gasteiger partial charge in [0.2, 0.25) is 0 Å². The Morgan fingerprint density at radius 1 is 1.00 bits per heavy atom. The van der Waals surface area contributed by atoms with Crippen LogP contribution in [-0.2, 0) is 0 Å². The van der Waals surface area contributed by atoms with E-state index in [0.717, 1.165) is 0 Å². The van der Waals surface area contributed by atoms with Crippen LogP contribution in [0.1, 0.15) is 0 Å². The lowest BCUT2D eigenvalue weighted by molar-refractivity contribution is -0.104. The summed E-state index contributed by atoms with van der Waals surface area (Å²) in [6.07, 6.45) is 0. The molecule has 0 spiro atoms. The van der Waals surface area contributed by atoms with E-state index in [1.54, 1.807) is 0 Å². The number of halogens is 5. The van der Waals surface area contributed by atoms with Crippen molar-refractivity contribution < 1.29 is 21.3 Å². The number of nitrogens with zero attached hydrogens (tertiary/aromatic N) is 1. The normalized spacial score (nSPS) is 12.9. The standard InChI is InChI=1S/F5NSi/c1-6(2)7(3,4)5. The molecule has 0 N–H and O–H groups in total. The van der Waals surface area contributed by atoms with Crippen molar-refractivity contribution in [3.8, 4) is 0 Å². The highest BCUT2D eigenvalue weighted by molar-refractivity contribution is 6.54. The summed E-state index contributed by atoms with van der Waals surface area (Å²) in [7, 11) is -6.73. The molecule has 0 radical (unpaired) electrons. The fraction of sp³-hybridized carbons (Fsp3) is 0. The Kier molecular flexibility index (Phi) is 1.70. The molecule has 0 bridgehead atoms. The summed E-state index contributed by atoms with van der Waals surface area (Å²) in [6.45, 7) is 0. The van der Waals surface area contributed by atoms with Crippen LogP contribution in [0.3, 0.4) is 0 Å². The van der Waals surface area contributed by atoms with E-state index >= 15 is 0 Å². The molecule has 7 heteroatoms. The van der Waals surface area contributed by atoms with E-state index in [4.69, 9.17) is 0 Å². The molecule has 0 aromatic carbocycles. The van der Waals surface area contributed by atoms with E-state index in [0.29, 0.717) is 0 Å². The Bertz CT molecular complexity index is 53.6. The fourth-order valence-electron chi connectivity index (χ4n) is 0. The Hall–Kier alpha value is -0.173. The molecule has 0 heterocycles. The summed E-state index contributed by atoms with van der Waals surface area (Å²) >= 11 is 0. The minimum atomic E-state index is -6.73. The lowest BCUT2D eigenvalue weighted by Gasteiger charge is -1.96. The number of rotatable bonds is 1. The molecule has 0 aliphatic carbocycles. The monoisotopic (exact) mass is 137 g/mol. The first-order valence-corrected chi connectivity index (χ1v) is 2.71. The van der Waals surface area contributed by atoms with Crippen LogP contribution in [0.15, 0.2) is 0 Å². The number of hydrogen-bond donors (Lipinski definition) is 0. The molecule has 0 unspecified atom stereocenters. The van der Waals surface area contributed by atoms with E-state index in [1.165, 1.54) is 0 Å². The van der Waals surface area contributed by atoms with Gasteiger partial charge in [-0.3, -0.25) is 0 Å². The van der Waals surface area contributed by atoms with Gasteiger partial charge in [-0.25, -0.2) is 12.3 Å². The molecule has 0 amide bonds. The Morgan fingerprint density at radius 3 is 1.14 bits per heavy atom. The van der Waals surface area contributed by atoms with Crippen molar-refractivity contribution in [2.75, 3.05) is 0 Å². The van der Waals surface area contributed by atoms with Gasteiger partial charge in [-0.1, -0.05) is 0 Å². The zero-order chi connectivity index (χ0) is 6.08. The quantitative estimate of drug-likeness (QED) is 0.228. The smallest absolute Gasteiger partial charge is 0.222 e. The summed E-state index contributed by atoms with van der Waals surface area (Å²) in [5, 5.41) is -2.67. The van der Waals surface area contributed by atoms with Crippen molar-refractivity contribution in [1.82, 2.24) is 5.01 Å². The van der Waals surface area contributed by atoms with Crippen LogP contribution in [0.5, 0.6) is 0 Å². The predicted octanol–water partition coefficient (Wildman–Crippen LogP) is 1.40. The average Bonchev–Trinajstić information content (AvgIpc) is 1.31. The highest BCUT2D eigenvalue weighted by atomic mass is 28.5. The lowest BCUT2D eigenvalue weighted by Crippen LogP contribution is -2.29. The van der Waals surface area contributed by atoms with Crippen LogP contribution >= 0.6 is 0 Å². The third kappa shape index (κ3) is 2.51. The average molecular weight is 137 g/mol. The maximum absolute atomic E-state index is 10.5. The van der Waals surface area contributed by atoms with E-state index < -0.39 is 14.2 Å². The first kappa shape index (κ1) is 6.83. The molecule has 44 valence electrons. The topological polar surface area (TPSA) is 3.24 Å². The summed E-state index contributed by atoms with van der Waals surface area (Å²) in [5.74, 6) is 0. The van der Waals surface area contributed by atoms with Gasteiger partial charge in [0.25, 0.3) is 0 Å². The second-order valence-corrected chi connectivity index (χ2v) is 1.97. The third-order valence-electron chi connectivity index (χ3n) is 0.192. The van der Waals surface area contributed by atoms with E-state index in [-0.39, 0.29) is 0 Å². The van der Waals surface area contributed by atoms with Gasteiger partial charge in [0.15, 0.2) is 0 Å². The molecule has 0 saturated heterocycles. The van der Waals surface area contributed by atoms with Gasteiger partial charge in [0.1, 0.15) is 0 Å². The van der Waals surface area contributed by atoms with E-state index in [9.17, 15) is 21.3 Å². The van der Waals surface area contributed by atoms with Crippen molar-refractivity contribution in [3.05, 3.63) is 0 Å². The third-order valence-corrected chi connectivity index (χ3v) is 0.575. The second-order valence-electron chi connectivity index (χ2n) is 0.701. The summed E-state index contributed by atoms with van der Waals surface area (Å²) in [5.41, 5.74) is 0. The molecular formula is F5NSi. The summed E-state index contributed by atoms with van der Waals surface area (Å²) < 4.78 is 52.1. The van der Waals surface area contributed by atoms with Crippen LogP contribution in [0, 0.1) is 0 Å². The zero-order valence-corrected chi connectivity index (χ0v) is 3.84. The van der Waals surface area contributed by atoms with Crippen LogP contribution in [0.25, 0.3) is 0 Å². The molecule has 0 atom stereocenters. The zero-order valence-electron chi connectivity index (χ0n) is 2.84. The predicted molar refractivity (Wildman–Crippen MR) is 13.1 cm³/mol. The van der Waals surface area contributed by atoms with E-state index in [2.05, 4.69) is 0 Å². The fourth-order valence-corrected chi connectivity index (χ4v) is 0. The first-order chi connectivity index (χ1) is 2.94. The Labute approximate surface area is 36.8 Å². The molecular weight excluding hydrogens is 137 g/mol. The second kappa shape index (κ2) is 1.74. The van der Waals surface area contributed by atoms with Gasteiger partial charge in [0.05, 0.1) is 5.01 Å². The highest BCUT2D eigenvalue weighted by Gasteiger charge is 2.50. The van der Waals surface area contributed by atoms with Gasteiger partial charge >= 0.3 is 9.24 Å². The maximum atomic E-state index is 10.5. The highest BCUT2D eigenvalue weighted by Crippen LogP contribution is 2.14. The molecule has 7 heavy (non-hydrogen) atoms. The Balaban J connectivity index is 3.54. The van der Waals surface area contributed by atoms with E-state index in [1.807, 2.05) is 0 Å². The molecule has 0 rings (SSSR count). The lowest BCUT2D eigenvalue weighted by atomic mass is 13.6. The largest absolute Gasteiger partial charge is 0.779 e. The van der Waals surface area contributed by atoms with Gasteiger partial charge in [-0.2, -0.15) is 0 Å². The molecule has 0 aliphatic rings.